The van der Waals surface area contributed by atoms with Crippen LogP contribution in [0.1, 0.15) is 39.0 Å². The highest BCUT2D eigenvalue weighted by Crippen LogP contribution is 2.27. The second-order valence-electron chi connectivity index (χ2n) is 5.30. The molecule has 110 valence electrons. The Kier molecular flexibility index (Phi) is 7.18. The number of nitrogens with one attached hydrogen (secondary N) is 1. The summed E-state index contributed by atoms with van der Waals surface area (Å²) >= 11 is 5.50. The summed E-state index contributed by atoms with van der Waals surface area (Å²) in [5, 5.41) is 3.72. The fraction of sp³-hybridized carbons (Fsp3) is 0.529. The van der Waals surface area contributed by atoms with E-state index in [-0.39, 0.29) is 0 Å². The van der Waals surface area contributed by atoms with E-state index in [1.165, 1.54) is 37.0 Å². The standard InChI is InChI=1S/C17H24BrNS/c1-2-11-19-17(14-7-4-3-5-8-14)13-20-16-10-6-9-15(18)12-16/h6-7,9-10,12,17,19H,2-5,8,11,13H2,1H3. The summed E-state index contributed by atoms with van der Waals surface area (Å²) in [5.74, 6) is 1.13. The lowest BCUT2D eigenvalue weighted by Gasteiger charge is -2.24. The van der Waals surface area contributed by atoms with Gasteiger partial charge in [-0.3, -0.25) is 0 Å². The quantitative estimate of drug-likeness (QED) is 0.519. The molecule has 0 radical (unpaired) electrons. The molecule has 20 heavy (non-hydrogen) atoms. The molecule has 0 spiro atoms. The van der Waals surface area contributed by atoms with Gasteiger partial charge in [0.1, 0.15) is 0 Å². The van der Waals surface area contributed by atoms with Crippen LogP contribution in [-0.2, 0) is 0 Å². The van der Waals surface area contributed by atoms with Crippen molar-refractivity contribution in [2.24, 2.45) is 0 Å². The van der Waals surface area contributed by atoms with Crippen LogP contribution in [0.2, 0.25) is 0 Å². The Balaban J connectivity index is 1.94. The number of halogens is 1. The second-order valence-corrected chi connectivity index (χ2v) is 7.31. The van der Waals surface area contributed by atoms with E-state index >= 15 is 0 Å². The number of allylic oxidation sites excluding steroid dienone is 1. The van der Waals surface area contributed by atoms with Crippen molar-refractivity contribution in [2.45, 2.75) is 50.0 Å². The van der Waals surface area contributed by atoms with E-state index in [4.69, 9.17) is 0 Å². The maximum Gasteiger partial charge on any atom is 0.0374 e. The summed E-state index contributed by atoms with van der Waals surface area (Å²) in [6.07, 6.45) is 8.94. The van der Waals surface area contributed by atoms with Gasteiger partial charge in [-0.2, -0.15) is 0 Å². The smallest absolute Gasteiger partial charge is 0.0374 e. The minimum absolute atomic E-state index is 0.541. The van der Waals surface area contributed by atoms with Crippen LogP contribution in [0, 0.1) is 0 Å². The highest BCUT2D eigenvalue weighted by atomic mass is 79.9. The highest BCUT2D eigenvalue weighted by molar-refractivity contribution is 9.10. The molecule has 1 atom stereocenters. The van der Waals surface area contributed by atoms with Crippen molar-refractivity contribution in [1.82, 2.24) is 5.32 Å². The molecule has 1 unspecified atom stereocenters. The first-order valence-corrected chi connectivity index (χ1v) is 9.38. The number of thioether (sulfide) groups is 1. The predicted octanol–water partition coefficient (Wildman–Crippen LogP) is 5.41. The van der Waals surface area contributed by atoms with Crippen molar-refractivity contribution in [3.05, 3.63) is 40.4 Å². The molecule has 1 aromatic carbocycles. The molecule has 0 fully saturated rings. The lowest BCUT2D eigenvalue weighted by molar-refractivity contribution is 0.562. The summed E-state index contributed by atoms with van der Waals surface area (Å²) in [5.41, 5.74) is 1.63. The Labute approximate surface area is 135 Å². The molecule has 0 aromatic heterocycles. The van der Waals surface area contributed by atoms with Gasteiger partial charge in [0.15, 0.2) is 0 Å². The van der Waals surface area contributed by atoms with Gasteiger partial charge in [-0.25, -0.2) is 0 Å². The average Bonchev–Trinajstić information content (AvgIpc) is 2.48. The van der Waals surface area contributed by atoms with E-state index < -0.39 is 0 Å². The van der Waals surface area contributed by atoms with Crippen LogP contribution in [0.15, 0.2) is 45.3 Å². The first-order valence-electron chi connectivity index (χ1n) is 7.60. The minimum atomic E-state index is 0.541. The van der Waals surface area contributed by atoms with E-state index in [2.05, 4.69) is 58.5 Å². The molecule has 1 nitrogen and oxygen atoms in total. The Bertz CT molecular complexity index is 444. The van der Waals surface area contributed by atoms with Gasteiger partial charge in [-0.15, -0.1) is 11.8 Å². The van der Waals surface area contributed by atoms with Gasteiger partial charge in [0.05, 0.1) is 0 Å². The molecular weight excluding hydrogens is 330 g/mol. The zero-order valence-corrected chi connectivity index (χ0v) is 14.6. The lowest BCUT2D eigenvalue weighted by Crippen LogP contribution is -2.34. The van der Waals surface area contributed by atoms with Crippen molar-refractivity contribution in [3.63, 3.8) is 0 Å². The van der Waals surface area contributed by atoms with Crippen molar-refractivity contribution < 1.29 is 0 Å². The van der Waals surface area contributed by atoms with E-state index in [0.29, 0.717) is 6.04 Å². The minimum Gasteiger partial charge on any atom is -0.310 e. The molecule has 0 heterocycles. The number of rotatable bonds is 7. The summed E-state index contributed by atoms with van der Waals surface area (Å²) < 4.78 is 1.16. The molecule has 2 rings (SSSR count). The number of hydrogen-bond acceptors (Lipinski definition) is 2. The summed E-state index contributed by atoms with van der Waals surface area (Å²) in [6.45, 7) is 3.35. The molecule has 0 amide bonds. The van der Waals surface area contributed by atoms with Gasteiger partial charge < -0.3 is 5.32 Å². The van der Waals surface area contributed by atoms with Crippen molar-refractivity contribution in [1.29, 1.82) is 0 Å². The van der Waals surface area contributed by atoms with Crippen LogP contribution in [-0.4, -0.2) is 18.3 Å². The maximum absolute atomic E-state index is 3.72. The zero-order valence-electron chi connectivity index (χ0n) is 12.2. The SMILES string of the molecule is CCCNC(CSc1cccc(Br)c1)C1=CCCCC1. The molecule has 3 heteroatoms. The largest absolute Gasteiger partial charge is 0.310 e. The van der Waals surface area contributed by atoms with Gasteiger partial charge >= 0.3 is 0 Å². The van der Waals surface area contributed by atoms with Gasteiger partial charge in [0, 0.05) is 21.2 Å². The fourth-order valence-electron chi connectivity index (χ4n) is 2.53. The Hall–Kier alpha value is -0.250. The van der Waals surface area contributed by atoms with Gasteiger partial charge in [0.2, 0.25) is 0 Å². The Morgan fingerprint density at radius 1 is 1.35 bits per heavy atom. The Morgan fingerprint density at radius 2 is 2.25 bits per heavy atom. The normalized spacial score (nSPS) is 16.8. The third-order valence-corrected chi connectivity index (χ3v) is 5.21. The monoisotopic (exact) mass is 353 g/mol. The molecule has 1 aromatic rings. The second kappa shape index (κ2) is 8.91. The van der Waals surface area contributed by atoms with Crippen molar-refractivity contribution in [2.75, 3.05) is 12.3 Å². The van der Waals surface area contributed by atoms with E-state index in [0.717, 1.165) is 16.8 Å². The average molecular weight is 354 g/mol. The van der Waals surface area contributed by atoms with E-state index in [1.54, 1.807) is 5.57 Å². The Morgan fingerprint density at radius 3 is 2.95 bits per heavy atom. The van der Waals surface area contributed by atoms with Crippen molar-refractivity contribution >= 4 is 27.7 Å². The first kappa shape index (κ1) is 16.1. The van der Waals surface area contributed by atoms with E-state index in [1.807, 2.05) is 11.8 Å². The molecule has 0 saturated carbocycles. The van der Waals surface area contributed by atoms with Crippen LogP contribution < -0.4 is 5.32 Å². The molecule has 0 aliphatic heterocycles. The number of hydrogen-bond donors (Lipinski definition) is 1. The number of benzene rings is 1. The topological polar surface area (TPSA) is 12.0 Å². The van der Waals surface area contributed by atoms with E-state index in [9.17, 15) is 0 Å². The molecular formula is C17H24BrNS. The predicted molar refractivity (Wildman–Crippen MR) is 93.5 cm³/mol. The fourth-order valence-corrected chi connectivity index (χ4v) is 4.16. The highest BCUT2D eigenvalue weighted by Gasteiger charge is 2.15. The first-order chi connectivity index (χ1) is 9.79. The summed E-state index contributed by atoms with van der Waals surface area (Å²) in [6, 6.07) is 9.14. The molecule has 0 saturated heterocycles. The summed E-state index contributed by atoms with van der Waals surface area (Å²) in [7, 11) is 0. The zero-order chi connectivity index (χ0) is 14.2. The van der Waals surface area contributed by atoms with Gasteiger partial charge in [-0.1, -0.05) is 40.6 Å². The summed E-state index contributed by atoms with van der Waals surface area (Å²) in [4.78, 5) is 1.35. The van der Waals surface area contributed by atoms with Crippen LogP contribution in [0.3, 0.4) is 0 Å². The molecule has 1 aliphatic carbocycles. The van der Waals surface area contributed by atoms with Crippen LogP contribution >= 0.6 is 27.7 Å². The third-order valence-electron chi connectivity index (χ3n) is 3.63. The maximum atomic E-state index is 3.72. The molecule has 0 bridgehead atoms. The van der Waals surface area contributed by atoms with Crippen LogP contribution in [0.25, 0.3) is 0 Å². The third kappa shape index (κ3) is 5.27. The van der Waals surface area contributed by atoms with Crippen LogP contribution in [0.4, 0.5) is 0 Å². The lowest BCUT2D eigenvalue weighted by atomic mass is 9.94. The van der Waals surface area contributed by atoms with Gasteiger partial charge in [-0.05, 0) is 56.8 Å². The molecule has 1 aliphatic rings. The van der Waals surface area contributed by atoms with Gasteiger partial charge in [0.25, 0.3) is 0 Å². The molecule has 1 N–H and O–H groups in total. The van der Waals surface area contributed by atoms with Crippen molar-refractivity contribution in [3.8, 4) is 0 Å². The van der Waals surface area contributed by atoms with Crippen LogP contribution in [0.5, 0.6) is 0 Å².